The molecular weight excluding hydrogens is 230 g/mol. The highest BCUT2D eigenvalue weighted by Crippen LogP contribution is 2.25. The van der Waals surface area contributed by atoms with Gasteiger partial charge in [0.25, 0.3) is 0 Å². The molecule has 4 heteroatoms. The van der Waals surface area contributed by atoms with Crippen LogP contribution in [0.25, 0.3) is 0 Å². The average molecular weight is 251 g/mol. The fourth-order valence-electron chi connectivity index (χ4n) is 2.06. The van der Waals surface area contributed by atoms with Crippen molar-refractivity contribution in [3.05, 3.63) is 28.8 Å². The molecule has 0 atom stereocenters. The Kier molecular flexibility index (Phi) is 5.65. The summed E-state index contributed by atoms with van der Waals surface area (Å²) in [6.07, 6.45) is 0.995. The highest BCUT2D eigenvalue weighted by molar-refractivity contribution is 5.66. The van der Waals surface area contributed by atoms with Gasteiger partial charge in [0.2, 0.25) is 0 Å². The molecular formula is C14H21NO3. The summed E-state index contributed by atoms with van der Waals surface area (Å²) in [6, 6.07) is 4.21. The lowest BCUT2D eigenvalue weighted by molar-refractivity contribution is -0.136. The van der Waals surface area contributed by atoms with Crippen LogP contribution in [0.1, 0.15) is 23.1 Å². The smallest absolute Gasteiger partial charge is 0.304 e. The first-order valence-electron chi connectivity index (χ1n) is 6.11. The SMILES string of the molecule is COc1c(C)cc(C)cc1CCNCCC(=O)O. The molecule has 0 heterocycles. The Labute approximate surface area is 108 Å². The van der Waals surface area contributed by atoms with Crippen molar-refractivity contribution in [3.8, 4) is 5.75 Å². The molecule has 0 aliphatic rings. The number of hydrogen-bond acceptors (Lipinski definition) is 3. The van der Waals surface area contributed by atoms with E-state index in [1.54, 1.807) is 7.11 Å². The van der Waals surface area contributed by atoms with E-state index in [2.05, 4.69) is 24.4 Å². The van der Waals surface area contributed by atoms with E-state index in [4.69, 9.17) is 9.84 Å². The van der Waals surface area contributed by atoms with E-state index >= 15 is 0 Å². The summed E-state index contributed by atoms with van der Waals surface area (Å²) >= 11 is 0. The third-order valence-electron chi connectivity index (χ3n) is 2.79. The molecule has 0 radical (unpaired) electrons. The number of methoxy groups -OCH3 is 1. The van der Waals surface area contributed by atoms with Gasteiger partial charge in [-0.05, 0) is 37.9 Å². The van der Waals surface area contributed by atoms with Gasteiger partial charge in [0.1, 0.15) is 5.75 Å². The van der Waals surface area contributed by atoms with E-state index in [0.29, 0.717) is 6.54 Å². The van der Waals surface area contributed by atoms with Crippen LogP contribution in [0.5, 0.6) is 5.75 Å². The summed E-state index contributed by atoms with van der Waals surface area (Å²) < 4.78 is 5.40. The van der Waals surface area contributed by atoms with Gasteiger partial charge in [0.05, 0.1) is 13.5 Å². The van der Waals surface area contributed by atoms with Crippen LogP contribution in [-0.4, -0.2) is 31.3 Å². The average Bonchev–Trinajstić information content (AvgIpc) is 2.27. The maximum atomic E-state index is 10.4. The Balaban J connectivity index is 2.53. The predicted octanol–water partition coefficient (Wildman–Crippen LogP) is 1.92. The number of aryl methyl sites for hydroxylation is 2. The fourth-order valence-corrected chi connectivity index (χ4v) is 2.06. The molecule has 0 aliphatic heterocycles. The van der Waals surface area contributed by atoms with Gasteiger partial charge < -0.3 is 15.2 Å². The first-order chi connectivity index (χ1) is 8.54. The summed E-state index contributed by atoms with van der Waals surface area (Å²) in [5.41, 5.74) is 3.52. The Morgan fingerprint density at radius 2 is 2.06 bits per heavy atom. The third kappa shape index (κ3) is 4.37. The zero-order valence-corrected chi connectivity index (χ0v) is 11.2. The quantitative estimate of drug-likeness (QED) is 0.727. The van der Waals surface area contributed by atoms with Crippen molar-refractivity contribution in [2.24, 2.45) is 0 Å². The lowest BCUT2D eigenvalue weighted by atomic mass is 10.0. The number of nitrogens with one attached hydrogen (secondary N) is 1. The number of aliphatic carboxylic acids is 1. The van der Waals surface area contributed by atoms with E-state index in [1.165, 1.54) is 5.56 Å². The highest BCUT2D eigenvalue weighted by atomic mass is 16.5. The molecule has 0 saturated carbocycles. The molecule has 0 amide bonds. The van der Waals surface area contributed by atoms with Gasteiger partial charge in [-0.2, -0.15) is 0 Å². The Hall–Kier alpha value is -1.55. The molecule has 0 saturated heterocycles. The molecule has 0 aliphatic carbocycles. The zero-order valence-electron chi connectivity index (χ0n) is 11.2. The van der Waals surface area contributed by atoms with Gasteiger partial charge in [-0.3, -0.25) is 4.79 Å². The van der Waals surface area contributed by atoms with Crippen molar-refractivity contribution in [3.63, 3.8) is 0 Å². The number of carboxylic acid groups (broad SMARTS) is 1. The molecule has 0 spiro atoms. The largest absolute Gasteiger partial charge is 0.496 e. The molecule has 0 unspecified atom stereocenters. The predicted molar refractivity (Wildman–Crippen MR) is 71.3 cm³/mol. The summed E-state index contributed by atoms with van der Waals surface area (Å²) in [5, 5.41) is 11.6. The first-order valence-corrected chi connectivity index (χ1v) is 6.11. The number of hydrogen-bond donors (Lipinski definition) is 2. The summed E-state index contributed by atoms with van der Waals surface area (Å²) in [4.78, 5) is 10.4. The number of rotatable bonds is 7. The van der Waals surface area contributed by atoms with Crippen LogP contribution in [0.3, 0.4) is 0 Å². The minimum absolute atomic E-state index is 0.157. The van der Waals surface area contributed by atoms with Crippen molar-refractivity contribution in [1.82, 2.24) is 5.32 Å². The van der Waals surface area contributed by atoms with E-state index in [-0.39, 0.29) is 6.42 Å². The number of ether oxygens (including phenoxy) is 1. The van der Waals surface area contributed by atoms with Gasteiger partial charge in [0, 0.05) is 6.54 Å². The topological polar surface area (TPSA) is 58.6 Å². The molecule has 1 aromatic carbocycles. The first kappa shape index (κ1) is 14.5. The van der Waals surface area contributed by atoms with Crippen molar-refractivity contribution < 1.29 is 14.6 Å². The lowest BCUT2D eigenvalue weighted by Gasteiger charge is -2.13. The lowest BCUT2D eigenvalue weighted by Crippen LogP contribution is -2.21. The Morgan fingerprint density at radius 1 is 1.33 bits per heavy atom. The van der Waals surface area contributed by atoms with Gasteiger partial charge in [-0.25, -0.2) is 0 Å². The standard InChI is InChI=1S/C14H21NO3/c1-10-8-11(2)14(18-3)12(9-10)4-6-15-7-5-13(16)17/h8-9,15H,4-7H2,1-3H3,(H,16,17). The van der Waals surface area contributed by atoms with E-state index in [9.17, 15) is 4.79 Å². The summed E-state index contributed by atoms with van der Waals surface area (Å²) in [5.74, 6) is 0.159. The zero-order chi connectivity index (χ0) is 13.5. The van der Waals surface area contributed by atoms with Gasteiger partial charge in [-0.1, -0.05) is 17.7 Å². The normalized spacial score (nSPS) is 10.4. The van der Waals surface area contributed by atoms with Crippen LogP contribution in [-0.2, 0) is 11.2 Å². The second-order valence-electron chi connectivity index (χ2n) is 4.42. The molecule has 0 aromatic heterocycles. The van der Waals surface area contributed by atoms with Crippen LogP contribution in [0, 0.1) is 13.8 Å². The van der Waals surface area contributed by atoms with Crippen molar-refractivity contribution in [2.45, 2.75) is 26.7 Å². The highest BCUT2D eigenvalue weighted by Gasteiger charge is 2.07. The molecule has 0 bridgehead atoms. The van der Waals surface area contributed by atoms with Crippen LogP contribution < -0.4 is 10.1 Å². The van der Waals surface area contributed by atoms with Crippen LogP contribution in [0.4, 0.5) is 0 Å². The summed E-state index contributed by atoms with van der Waals surface area (Å²) in [7, 11) is 1.68. The fraction of sp³-hybridized carbons (Fsp3) is 0.500. The molecule has 18 heavy (non-hydrogen) atoms. The van der Waals surface area contributed by atoms with Crippen molar-refractivity contribution in [1.29, 1.82) is 0 Å². The molecule has 1 rings (SSSR count). The molecule has 1 aromatic rings. The van der Waals surface area contributed by atoms with Crippen LogP contribution in [0.15, 0.2) is 12.1 Å². The molecule has 0 fully saturated rings. The molecule has 2 N–H and O–H groups in total. The van der Waals surface area contributed by atoms with Crippen LogP contribution >= 0.6 is 0 Å². The number of carbonyl (C=O) groups is 1. The monoisotopic (exact) mass is 251 g/mol. The van der Waals surface area contributed by atoms with E-state index in [1.807, 2.05) is 6.92 Å². The van der Waals surface area contributed by atoms with E-state index in [0.717, 1.165) is 29.8 Å². The molecule has 4 nitrogen and oxygen atoms in total. The third-order valence-corrected chi connectivity index (χ3v) is 2.79. The maximum Gasteiger partial charge on any atom is 0.304 e. The second-order valence-corrected chi connectivity index (χ2v) is 4.42. The van der Waals surface area contributed by atoms with Gasteiger partial charge in [-0.15, -0.1) is 0 Å². The minimum atomic E-state index is -0.772. The minimum Gasteiger partial charge on any atom is -0.496 e. The van der Waals surface area contributed by atoms with E-state index < -0.39 is 5.97 Å². The maximum absolute atomic E-state index is 10.4. The van der Waals surface area contributed by atoms with Crippen molar-refractivity contribution >= 4 is 5.97 Å². The van der Waals surface area contributed by atoms with Gasteiger partial charge >= 0.3 is 5.97 Å². The second kappa shape index (κ2) is 7.01. The van der Waals surface area contributed by atoms with Gasteiger partial charge in [0.15, 0.2) is 0 Å². The summed E-state index contributed by atoms with van der Waals surface area (Å²) in [6.45, 7) is 5.36. The van der Waals surface area contributed by atoms with Crippen molar-refractivity contribution in [2.75, 3.05) is 20.2 Å². The molecule has 100 valence electrons. The van der Waals surface area contributed by atoms with Crippen LogP contribution in [0.2, 0.25) is 0 Å². The Bertz CT molecular complexity index is 416. The Morgan fingerprint density at radius 3 is 2.67 bits per heavy atom. The number of benzene rings is 1. The number of carboxylic acids is 1.